The third-order valence-electron chi connectivity index (χ3n) is 1.74. The Morgan fingerprint density at radius 1 is 1.43 bits per heavy atom. The Hall–Kier alpha value is -1.42. The van der Waals surface area contributed by atoms with Gasteiger partial charge >= 0.3 is 5.97 Å². The van der Waals surface area contributed by atoms with E-state index in [4.69, 9.17) is 22.1 Å². The highest BCUT2D eigenvalue weighted by Crippen LogP contribution is 2.33. The van der Waals surface area contributed by atoms with Crippen LogP contribution in [0.25, 0.3) is 0 Å². The molecule has 0 amide bonds. The van der Waals surface area contributed by atoms with Crippen LogP contribution in [0.15, 0.2) is 12.1 Å². The van der Waals surface area contributed by atoms with Crippen molar-refractivity contribution < 1.29 is 14.3 Å². The Morgan fingerprint density at radius 3 is 2.57 bits per heavy atom. The third kappa shape index (κ3) is 1.75. The highest BCUT2D eigenvalue weighted by Gasteiger charge is 2.16. The summed E-state index contributed by atoms with van der Waals surface area (Å²) in [6, 6.07) is 3.03. The van der Waals surface area contributed by atoms with Gasteiger partial charge in [-0.2, -0.15) is 0 Å². The maximum atomic E-state index is 11.2. The zero-order valence-electron chi connectivity index (χ0n) is 7.83. The lowest BCUT2D eigenvalue weighted by atomic mass is 10.2. The van der Waals surface area contributed by atoms with Crippen LogP contribution in [0, 0.1) is 0 Å². The largest absolute Gasteiger partial charge is 0.493 e. The topological polar surface area (TPSA) is 61.5 Å². The Balaban J connectivity index is 3.28. The van der Waals surface area contributed by atoms with Crippen LogP contribution in [-0.2, 0) is 4.74 Å². The summed E-state index contributed by atoms with van der Waals surface area (Å²) in [6.07, 6.45) is 0. The third-order valence-corrected chi connectivity index (χ3v) is 2.11. The first-order valence-corrected chi connectivity index (χ1v) is 4.20. The van der Waals surface area contributed by atoms with Gasteiger partial charge in [-0.25, -0.2) is 4.79 Å². The molecule has 0 unspecified atom stereocenters. The van der Waals surface area contributed by atoms with Crippen LogP contribution in [0.3, 0.4) is 0 Å². The van der Waals surface area contributed by atoms with Crippen LogP contribution >= 0.6 is 11.6 Å². The van der Waals surface area contributed by atoms with E-state index in [1.165, 1.54) is 26.4 Å². The normalized spacial score (nSPS) is 9.64. The van der Waals surface area contributed by atoms with Gasteiger partial charge in [0, 0.05) is 0 Å². The molecular formula is C9H10ClNO3. The molecule has 1 aromatic rings. The van der Waals surface area contributed by atoms with Crippen molar-refractivity contribution in [3.8, 4) is 5.75 Å². The fourth-order valence-electron chi connectivity index (χ4n) is 1.05. The summed E-state index contributed by atoms with van der Waals surface area (Å²) in [5, 5.41) is 0.166. The average molecular weight is 216 g/mol. The standard InChI is InChI=1S/C9H10ClNO3/c1-13-8-6(11)4-3-5(7(8)10)9(12)14-2/h3-4H,11H2,1-2H3. The average Bonchev–Trinajstić information content (AvgIpc) is 2.18. The number of esters is 1. The fourth-order valence-corrected chi connectivity index (χ4v) is 1.37. The molecule has 1 rings (SSSR count). The number of ether oxygens (including phenoxy) is 2. The van der Waals surface area contributed by atoms with Gasteiger partial charge in [-0.05, 0) is 12.1 Å². The maximum absolute atomic E-state index is 11.2. The Bertz CT molecular complexity index is 365. The molecule has 0 saturated heterocycles. The number of anilines is 1. The van der Waals surface area contributed by atoms with Crippen molar-refractivity contribution >= 4 is 23.3 Å². The lowest BCUT2D eigenvalue weighted by molar-refractivity contribution is 0.0600. The van der Waals surface area contributed by atoms with Gasteiger partial charge in [-0.15, -0.1) is 0 Å². The minimum Gasteiger partial charge on any atom is -0.493 e. The molecule has 14 heavy (non-hydrogen) atoms. The molecule has 0 aromatic heterocycles. The molecule has 0 heterocycles. The van der Waals surface area contributed by atoms with Crippen molar-refractivity contribution in [2.45, 2.75) is 0 Å². The van der Waals surface area contributed by atoms with Crippen molar-refractivity contribution in [3.63, 3.8) is 0 Å². The van der Waals surface area contributed by atoms with Gasteiger partial charge in [0.25, 0.3) is 0 Å². The molecule has 0 aliphatic rings. The van der Waals surface area contributed by atoms with Crippen LogP contribution in [0.4, 0.5) is 5.69 Å². The zero-order chi connectivity index (χ0) is 10.7. The van der Waals surface area contributed by atoms with Crippen LogP contribution in [-0.4, -0.2) is 20.2 Å². The van der Waals surface area contributed by atoms with Gasteiger partial charge < -0.3 is 15.2 Å². The predicted molar refractivity (Wildman–Crippen MR) is 53.8 cm³/mol. The summed E-state index contributed by atoms with van der Waals surface area (Å²) in [6.45, 7) is 0. The smallest absolute Gasteiger partial charge is 0.339 e. The van der Waals surface area contributed by atoms with Gasteiger partial charge in [-0.3, -0.25) is 0 Å². The van der Waals surface area contributed by atoms with Gasteiger partial charge in [0.05, 0.1) is 30.5 Å². The van der Waals surface area contributed by atoms with Crippen LogP contribution in [0.2, 0.25) is 5.02 Å². The lowest BCUT2D eigenvalue weighted by Gasteiger charge is -2.09. The molecule has 0 fully saturated rings. The first kappa shape index (κ1) is 10.7. The summed E-state index contributed by atoms with van der Waals surface area (Å²) in [4.78, 5) is 11.2. The number of methoxy groups -OCH3 is 2. The lowest BCUT2D eigenvalue weighted by Crippen LogP contribution is -2.04. The van der Waals surface area contributed by atoms with E-state index in [1.54, 1.807) is 0 Å². The van der Waals surface area contributed by atoms with Crippen molar-refractivity contribution in [1.29, 1.82) is 0 Å². The highest BCUT2D eigenvalue weighted by molar-refractivity contribution is 6.35. The number of nitrogens with two attached hydrogens (primary N) is 1. The molecule has 0 aliphatic carbocycles. The maximum Gasteiger partial charge on any atom is 0.339 e. The summed E-state index contributed by atoms with van der Waals surface area (Å²) in [5.41, 5.74) is 6.20. The second-order valence-corrected chi connectivity index (χ2v) is 2.92. The molecular weight excluding hydrogens is 206 g/mol. The monoisotopic (exact) mass is 215 g/mol. The number of benzene rings is 1. The minimum atomic E-state index is -0.520. The first-order valence-electron chi connectivity index (χ1n) is 3.82. The minimum absolute atomic E-state index is 0.166. The second-order valence-electron chi connectivity index (χ2n) is 2.54. The van der Waals surface area contributed by atoms with Gasteiger partial charge in [0.2, 0.25) is 0 Å². The zero-order valence-corrected chi connectivity index (χ0v) is 8.59. The molecule has 0 bridgehead atoms. The SMILES string of the molecule is COC(=O)c1ccc(N)c(OC)c1Cl. The van der Waals surface area contributed by atoms with E-state index in [0.29, 0.717) is 5.69 Å². The number of hydrogen-bond donors (Lipinski definition) is 1. The second kappa shape index (κ2) is 4.19. The highest BCUT2D eigenvalue weighted by atomic mass is 35.5. The number of halogens is 1. The van der Waals surface area contributed by atoms with Gasteiger partial charge in [0.1, 0.15) is 0 Å². The Kier molecular flexibility index (Phi) is 3.19. The van der Waals surface area contributed by atoms with E-state index >= 15 is 0 Å². The molecule has 0 saturated carbocycles. The van der Waals surface area contributed by atoms with E-state index in [-0.39, 0.29) is 16.3 Å². The molecule has 0 atom stereocenters. The number of carbonyl (C=O) groups is 1. The number of rotatable bonds is 2. The van der Waals surface area contributed by atoms with Crippen LogP contribution in [0.5, 0.6) is 5.75 Å². The van der Waals surface area contributed by atoms with E-state index < -0.39 is 5.97 Å². The van der Waals surface area contributed by atoms with Crippen LogP contribution in [0.1, 0.15) is 10.4 Å². The first-order chi connectivity index (χ1) is 6.61. The summed E-state index contributed by atoms with van der Waals surface area (Å²) >= 11 is 5.88. The van der Waals surface area contributed by atoms with E-state index in [2.05, 4.69) is 4.74 Å². The molecule has 1 aromatic carbocycles. The van der Waals surface area contributed by atoms with Crippen molar-refractivity contribution in [2.75, 3.05) is 20.0 Å². The van der Waals surface area contributed by atoms with Crippen molar-refractivity contribution in [2.24, 2.45) is 0 Å². The molecule has 4 nitrogen and oxygen atoms in total. The molecule has 76 valence electrons. The summed E-state index contributed by atoms with van der Waals surface area (Å²) in [7, 11) is 2.71. The number of carbonyl (C=O) groups excluding carboxylic acids is 1. The molecule has 0 aliphatic heterocycles. The number of hydrogen-bond acceptors (Lipinski definition) is 4. The molecule has 0 radical (unpaired) electrons. The predicted octanol–water partition coefficient (Wildman–Crippen LogP) is 1.72. The Morgan fingerprint density at radius 2 is 2.07 bits per heavy atom. The van der Waals surface area contributed by atoms with Crippen molar-refractivity contribution in [3.05, 3.63) is 22.7 Å². The van der Waals surface area contributed by atoms with Gasteiger partial charge in [0.15, 0.2) is 5.75 Å². The van der Waals surface area contributed by atoms with E-state index in [9.17, 15) is 4.79 Å². The number of nitrogen functional groups attached to an aromatic ring is 1. The molecule has 2 N–H and O–H groups in total. The van der Waals surface area contributed by atoms with E-state index in [0.717, 1.165) is 0 Å². The quantitative estimate of drug-likeness (QED) is 0.603. The summed E-state index contributed by atoms with van der Waals surface area (Å²) < 4.78 is 9.48. The summed E-state index contributed by atoms with van der Waals surface area (Å²) in [5.74, 6) is -0.233. The van der Waals surface area contributed by atoms with Crippen LogP contribution < -0.4 is 10.5 Å². The van der Waals surface area contributed by atoms with Gasteiger partial charge in [-0.1, -0.05) is 11.6 Å². The van der Waals surface area contributed by atoms with Crippen molar-refractivity contribution in [1.82, 2.24) is 0 Å². The fraction of sp³-hybridized carbons (Fsp3) is 0.222. The molecule has 5 heteroatoms. The molecule has 0 spiro atoms. The van der Waals surface area contributed by atoms with E-state index in [1.807, 2.05) is 0 Å². The Labute approximate surface area is 86.6 Å².